The van der Waals surface area contributed by atoms with Gasteiger partial charge in [-0.15, -0.1) is 0 Å². The molecule has 0 atom stereocenters. The Hall–Kier alpha value is -3.92. The van der Waals surface area contributed by atoms with E-state index in [4.69, 9.17) is 10.4 Å². The molecule has 0 saturated carbocycles. The number of hydrogen-bond donors (Lipinski definition) is 1. The number of carboxylic acids is 1. The zero-order valence-corrected chi connectivity index (χ0v) is 14.2. The van der Waals surface area contributed by atoms with Crippen molar-refractivity contribution in [1.29, 1.82) is 5.26 Å². The summed E-state index contributed by atoms with van der Waals surface area (Å²) in [4.78, 5) is 23.3. The number of rotatable bonds is 5. The van der Waals surface area contributed by atoms with Crippen LogP contribution >= 0.6 is 0 Å². The highest BCUT2D eigenvalue weighted by Gasteiger charge is 2.21. The predicted octanol–water partition coefficient (Wildman–Crippen LogP) is 3.84. The minimum atomic E-state index is -1.25. The first kappa shape index (κ1) is 17.9. The number of anilines is 2. The number of nitro benzene ring substituents is 1. The van der Waals surface area contributed by atoms with Crippen LogP contribution in [0.4, 0.5) is 17.1 Å². The number of nitriles is 1. The van der Waals surface area contributed by atoms with E-state index in [1.165, 1.54) is 24.3 Å². The fourth-order valence-electron chi connectivity index (χ4n) is 2.96. The Morgan fingerprint density at radius 3 is 2.63 bits per heavy atom. The van der Waals surface area contributed by atoms with Crippen molar-refractivity contribution in [2.24, 2.45) is 0 Å². The molecule has 0 bridgehead atoms. The van der Waals surface area contributed by atoms with Crippen LogP contribution in [0.25, 0.3) is 6.08 Å². The smallest absolute Gasteiger partial charge is 0.346 e. The summed E-state index contributed by atoms with van der Waals surface area (Å²) in [6, 6.07) is 14.0. The van der Waals surface area contributed by atoms with Crippen LogP contribution in [0.3, 0.4) is 0 Å². The number of fused-ring (bicyclic) bond motifs is 1. The predicted molar refractivity (Wildman–Crippen MR) is 101 cm³/mol. The average Bonchev–Trinajstić information content (AvgIpc) is 3.08. The highest BCUT2D eigenvalue weighted by Crippen LogP contribution is 2.35. The molecule has 1 aliphatic rings. The van der Waals surface area contributed by atoms with E-state index in [2.05, 4.69) is 4.90 Å². The largest absolute Gasteiger partial charge is 0.477 e. The molecule has 0 amide bonds. The summed E-state index contributed by atoms with van der Waals surface area (Å²) in [5.41, 5.74) is 3.71. The van der Waals surface area contributed by atoms with E-state index in [0.717, 1.165) is 35.5 Å². The molecule has 7 heteroatoms. The van der Waals surface area contributed by atoms with Gasteiger partial charge in [-0.25, -0.2) is 4.79 Å². The standard InChI is InChI=1S/C20H15N3O4/c21-13-16(20(24)25)3-1-2-14-4-9-19-15(12-14)10-11-22(19)17-5-7-18(8-6-17)23(26)27/h1-9,12H,10-11H2,(H,24,25). The fraction of sp³-hybridized carbons (Fsp3) is 0.100. The molecule has 1 N–H and O–H groups in total. The van der Waals surface area contributed by atoms with E-state index in [0.29, 0.717) is 0 Å². The number of nitrogens with zero attached hydrogens (tertiary/aromatic N) is 3. The Bertz CT molecular complexity index is 1000. The van der Waals surface area contributed by atoms with Crippen LogP contribution in [0.5, 0.6) is 0 Å². The van der Waals surface area contributed by atoms with E-state index < -0.39 is 10.9 Å². The molecular weight excluding hydrogens is 346 g/mol. The van der Waals surface area contributed by atoms with Crippen LogP contribution in [0.1, 0.15) is 11.1 Å². The van der Waals surface area contributed by atoms with Gasteiger partial charge in [0.2, 0.25) is 0 Å². The molecule has 27 heavy (non-hydrogen) atoms. The summed E-state index contributed by atoms with van der Waals surface area (Å²) in [6.45, 7) is 0.776. The van der Waals surface area contributed by atoms with Crippen molar-refractivity contribution in [2.75, 3.05) is 11.4 Å². The summed E-state index contributed by atoms with van der Waals surface area (Å²) < 4.78 is 0. The van der Waals surface area contributed by atoms with Crippen LogP contribution in [0, 0.1) is 21.4 Å². The van der Waals surface area contributed by atoms with Crippen LogP contribution in [-0.4, -0.2) is 22.5 Å². The number of nitro groups is 1. The second-order valence-corrected chi connectivity index (χ2v) is 5.92. The van der Waals surface area contributed by atoms with Crippen molar-refractivity contribution in [2.45, 2.75) is 6.42 Å². The van der Waals surface area contributed by atoms with Gasteiger partial charge in [0.25, 0.3) is 5.69 Å². The minimum Gasteiger partial charge on any atom is -0.477 e. The lowest BCUT2D eigenvalue weighted by atomic mass is 10.1. The average molecular weight is 361 g/mol. The number of non-ortho nitro benzene ring substituents is 1. The molecule has 0 fully saturated rings. The number of benzene rings is 2. The van der Waals surface area contributed by atoms with Gasteiger partial charge in [0.05, 0.1) is 4.92 Å². The Kier molecular flexibility index (Phi) is 4.99. The minimum absolute atomic E-state index is 0.0600. The molecule has 2 aromatic rings. The lowest BCUT2D eigenvalue weighted by Crippen LogP contribution is -2.12. The number of allylic oxidation sites excluding steroid dienone is 2. The molecule has 0 spiro atoms. The van der Waals surface area contributed by atoms with Gasteiger partial charge in [0.1, 0.15) is 11.6 Å². The number of carbonyl (C=O) groups is 1. The molecule has 1 aliphatic heterocycles. The second kappa shape index (κ2) is 7.54. The zero-order valence-electron chi connectivity index (χ0n) is 14.2. The normalized spacial score (nSPS) is 13.4. The van der Waals surface area contributed by atoms with Gasteiger partial charge in [0.15, 0.2) is 0 Å². The molecular formula is C20H15N3O4. The highest BCUT2D eigenvalue weighted by atomic mass is 16.6. The molecule has 0 aromatic heterocycles. The van der Waals surface area contributed by atoms with Gasteiger partial charge in [-0.05, 0) is 47.9 Å². The first-order valence-corrected chi connectivity index (χ1v) is 8.16. The number of hydrogen-bond acceptors (Lipinski definition) is 5. The molecule has 0 radical (unpaired) electrons. The lowest BCUT2D eigenvalue weighted by molar-refractivity contribution is -0.384. The first-order valence-electron chi connectivity index (χ1n) is 8.16. The quantitative estimate of drug-likeness (QED) is 0.285. The summed E-state index contributed by atoms with van der Waals surface area (Å²) in [5.74, 6) is -1.25. The zero-order chi connectivity index (χ0) is 19.4. The maximum atomic E-state index is 10.8. The topological polar surface area (TPSA) is 107 Å². The number of aliphatic carboxylic acids is 1. The molecule has 134 valence electrons. The van der Waals surface area contributed by atoms with Crippen LogP contribution in [-0.2, 0) is 11.2 Å². The van der Waals surface area contributed by atoms with Crippen LogP contribution in [0.15, 0.2) is 60.2 Å². The van der Waals surface area contributed by atoms with E-state index in [9.17, 15) is 14.9 Å². The van der Waals surface area contributed by atoms with E-state index in [-0.39, 0.29) is 11.3 Å². The maximum Gasteiger partial charge on any atom is 0.346 e. The number of carboxylic acid groups (broad SMARTS) is 1. The van der Waals surface area contributed by atoms with Crippen LogP contribution < -0.4 is 4.90 Å². The Labute approximate surface area is 155 Å². The Balaban J connectivity index is 1.80. The van der Waals surface area contributed by atoms with Gasteiger partial charge < -0.3 is 10.0 Å². The first-order chi connectivity index (χ1) is 13.0. The molecule has 1 heterocycles. The van der Waals surface area contributed by atoms with Crippen molar-refractivity contribution < 1.29 is 14.8 Å². The molecule has 0 unspecified atom stereocenters. The van der Waals surface area contributed by atoms with Crippen molar-refractivity contribution in [3.8, 4) is 6.07 Å². The van der Waals surface area contributed by atoms with Crippen molar-refractivity contribution in [3.05, 3.63) is 81.4 Å². The van der Waals surface area contributed by atoms with E-state index >= 15 is 0 Å². The third-order valence-electron chi connectivity index (χ3n) is 4.27. The van der Waals surface area contributed by atoms with Gasteiger partial charge in [-0.2, -0.15) is 5.26 Å². The summed E-state index contributed by atoms with van der Waals surface area (Å²) in [7, 11) is 0. The summed E-state index contributed by atoms with van der Waals surface area (Å²) in [5, 5.41) is 28.3. The highest BCUT2D eigenvalue weighted by molar-refractivity contribution is 5.91. The van der Waals surface area contributed by atoms with Gasteiger partial charge in [-0.3, -0.25) is 10.1 Å². The fourth-order valence-corrected chi connectivity index (χ4v) is 2.96. The molecule has 2 aromatic carbocycles. The van der Waals surface area contributed by atoms with Crippen LogP contribution in [0.2, 0.25) is 0 Å². The molecule has 0 aliphatic carbocycles. The van der Waals surface area contributed by atoms with Crippen molar-refractivity contribution in [3.63, 3.8) is 0 Å². The second-order valence-electron chi connectivity index (χ2n) is 5.92. The van der Waals surface area contributed by atoms with Gasteiger partial charge in [-0.1, -0.05) is 18.2 Å². The third kappa shape index (κ3) is 3.85. The Morgan fingerprint density at radius 1 is 1.26 bits per heavy atom. The third-order valence-corrected chi connectivity index (χ3v) is 4.27. The molecule has 3 rings (SSSR count). The van der Waals surface area contributed by atoms with E-state index in [1.54, 1.807) is 24.3 Å². The molecule has 0 saturated heterocycles. The summed E-state index contributed by atoms with van der Waals surface area (Å²) in [6.07, 6.45) is 5.38. The molecule has 7 nitrogen and oxygen atoms in total. The van der Waals surface area contributed by atoms with E-state index in [1.807, 2.05) is 18.2 Å². The van der Waals surface area contributed by atoms with Crippen molar-refractivity contribution in [1.82, 2.24) is 0 Å². The Morgan fingerprint density at radius 2 is 2.00 bits per heavy atom. The van der Waals surface area contributed by atoms with Gasteiger partial charge >= 0.3 is 5.97 Å². The van der Waals surface area contributed by atoms with Crippen molar-refractivity contribution >= 4 is 29.1 Å². The lowest BCUT2D eigenvalue weighted by Gasteiger charge is -2.19. The maximum absolute atomic E-state index is 10.8. The SMILES string of the molecule is N#CC(=CC=Cc1ccc2c(c1)CCN2c1ccc([N+](=O)[O-])cc1)C(=O)O. The van der Waals surface area contributed by atoms with Gasteiger partial charge in [0, 0.05) is 30.1 Å². The monoisotopic (exact) mass is 361 g/mol. The summed E-state index contributed by atoms with van der Waals surface area (Å²) >= 11 is 0.